The minimum atomic E-state index is -0.498. The second kappa shape index (κ2) is 6.21. The van der Waals surface area contributed by atoms with Crippen molar-refractivity contribution in [1.82, 2.24) is 0 Å². The van der Waals surface area contributed by atoms with Gasteiger partial charge in [0.15, 0.2) is 0 Å². The van der Waals surface area contributed by atoms with Crippen molar-refractivity contribution in [2.75, 3.05) is 13.2 Å². The summed E-state index contributed by atoms with van der Waals surface area (Å²) < 4.78 is 11.3. The van der Waals surface area contributed by atoms with Gasteiger partial charge in [-0.1, -0.05) is 11.6 Å². The molecule has 0 bridgehead atoms. The largest absolute Gasteiger partial charge is 0.493 e. The highest BCUT2D eigenvalue weighted by Gasteiger charge is 2.16. The molecular weight excluding hydrogens is 228 g/mol. The van der Waals surface area contributed by atoms with Gasteiger partial charge >= 0.3 is 0 Å². The van der Waals surface area contributed by atoms with Gasteiger partial charge in [-0.05, 0) is 38.8 Å². The van der Waals surface area contributed by atoms with Gasteiger partial charge in [-0.25, -0.2) is 0 Å². The highest BCUT2D eigenvalue weighted by atomic mass is 16.5. The Morgan fingerprint density at radius 3 is 3.00 bits per heavy atom. The first-order chi connectivity index (χ1) is 8.66. The number of hydrogen-bond acceptors (Lipinski definition) is 3. The summed E-state index contributed by atoms with van der Waals surface area (Å²) >= 11 is 0. The van der Waals surface area contributed by atoms with E-state index in [-0.39, 0.29) is 0 Å². The van der Waals surface area contributed by atoms with Gasteiger partial charge in [0.25, 0.3) is 0 Å². The molecule has 2 atom stereocenters. The van der Waals surface area contributed by atoms with Gasteiger partial charge in [0.2, 0.25) is 0 Å². The number of ether oxygens (including phenoxy) is 2. The van der Waals surface area contributed by atoms with Gasteiger partial charge in [0.05, 0.1) is 18.8 Å². The standard InChI is InChI=1S/C15H22O3/c1-11-5-6-15(14(10-11)12(2)16)18-9-7-13-4-3-8-17-13/h5-6,10,12-13,16H,3-4,7-9H2,1-2H3/t12-,13?/m0/s1. The van der Waals surface area contributed by atoms with Crippen LogP contribution in [0.2, 0.25) is 0 Å². The predicted octanol–water partition coefficient (Wildman–Crippen LogP) is 3.00. The van der Waals surface area contributed by atoms with Crippen LogP contribution in [-0.2, 0) is 4.74 Å². The van der Waals surface area contributed by atoms with Crippen LogP contribution in [0.1, 0.15) is 43.4 Å². The van der Waals surface area contributed by atoms with Crippen LogP contribution in [0.4, 0.5) is 0 Å². The van der Waals surface area contributed by atoms with E-state index in [0.29, 0.717) is 12.7 Å². The molecule has 18 heavy (non-hydrogen) atoms. The number of aliphatic hydroxyl groups excluding tert-OH is 1. The molecule has 2 rings (SSSR count). The molecule has 1 N–H and O–H groups in total. The van der Waals surface area contributed by atoms with Gasteiger partial charge < -0.3 is 14.6 Å². The predicted molar refractivity (Wildman–Crippen MR) is 70.9 cm³/mol. The van der Waals surface area contributed by atoms with E-state index < -0.39 is 6.10 Å². The Kier molecular flexibility index (Phi) is 4.61. The number of aryl methyl sites for hydroxylation is 1. The van der Waals surface area contributed by atoms with Gasteiger partial charge in [-0.15, -0.1) is 0 Å². The van der Waals surface area contributed by atoms with Crippen molar-refractivity contribution in [3.05, 3.63) is 29.3 Å². The molecule has 1 aromatic rings. The van der Waals surface area contributed by atoms with E-state index in [1.165, 1.54) is 0 Å². The molecule has 3 nitrogen and oxygen atoms in total. The summed E-state index contributed by atoms with van der Waals surface area (Å²) in [6, 6.07) is 5.92. The Bertz CT molecular complexity index is 381. The topological polar surface area (TPSA) is 38.7 Å². The lowest BCUT2D eigenvalue weighted by atomic mass is 10.1. The summed E-state index contributed by atoms with van der Waals surface area (Å²) in [5.41, 5.74) is 2.00. The van der Waals surface area contributed by atoms with Crippen molar-refractivity contribution < 1.29 is 14.6 Å². The first-order valence-electron chi connectivity index (χ1n) is 6.70. The van der Waals surface area contributed by atoms with Crippen LogP contribution in [0.5, 0.6) is 5.75 Å². The van der Waals surface area contributed by atoms with Crippen LogP contribution in [0.25, 0.3) is 0 Å². The fourth-order valence-corrected chi connectivity index (χ4v) is 2.30. The van der Waals surface area contributed by atoms with E-state index in [1.54, 1.807) is 6.92 Å². The first kappa shape index (κ1) is 13.4. The third kappa shape index (κ3) is 3.47. The summed E-state index contributed by atoms with van der Waals surface area (Å²) in [5, 5.41) is 9.74. The Morgan fingerprint density at radius 2 is 2.33 bits per heavy atom. The molecular formula is C15H22O3. The molecule has 0 saturated carbocycles. The maximum Gasteiger partial charge on any atom is 0.125 e. The molecule has 0 spiro atoms. The molecule has 1 aromatic carbocycles. The number of benzene rings is 1. The van der Waals surface area contributed by atoms with Crippen LogP contribution in [-0.4, -0.2) is 24.4 Å². The van der Waals surface area contributed by atoms with Crippen LogP contribution in [0, 0.1) is 6.92 Å². The van der Waals surface area contributed by atoms with E-state index in [2.05, 4.69) is 0 Å². The fraction of sp³-hybridized carbons (Fsp3) is 0.600. The van der Waals surface area contributed by atoms with E-state index in [9.17, 15) is 5.11 Å². The Morgan fingerprint density at radius 1 is 1.50 bits per heavy atom. The van der Waals surface area contributed by atoms with E-state index in [1.807, 2.05) is 25.1 Å². The summed E-state index contributed by atoms with van der Waals surface area (Å²) in [6.07, 6.45) is 3.08. The van der Waals surface area contributed by atoms with Gasteiger partial charge in [0, 0.05) is 18.6 Å². The average Bonchev–Trinajstić information content (AvgIpc) is 2.84. The van der Waals surface area contributed by atoms with Crippen LogP contribution >= 0.6 is 0 Å². The summed E-state index contributed by atoms with van der Waals surface area (Å²) in [7, 11) is 0. The summed E-state index contributed by atoms with van der Waals surface area (Å²) in [5.74, 6) is 0.786. The maximum absolute atomic E-state index is 9.74. The third-order valence-electron chi connectivity index (χ3n) is 3.34. The zero-order valence-electron chi connectivity index (χ0n) is 11.2. The Labute approximate surface area is 109 Å². The maximum atomic E-state index is 9.74. The zero-order chi connectivity index (χ0) is 13.0. The molecule has 1 saturated heterocycles. The van der Waals surface area contributed by atoms with Crippen LogP contribution in [0.15, 0.2) is 18.2 Å². The number of hydrogen-bond donors (Lipinski definition) is 1. The molecule has 1 unspecified atom stereocenters. The molecule has 1 aliphatic heterocycles. The van der Waals surface area contributed by atoms with Crippen LogP contribution in [0.3, 0.4) is 0 Å². The van der Waals surface area contributed by atoms with Crippen molar-refractivity contribution in [3.63, 3.8) is 0 Å². The molecule has 1 heterocycles. The van der Waals surface area contributed by atoms with Crippen molar-refractivity contribution in [2.45, 2.75) is 45.3 Å². The van der Waals surface area contributed by atoms with Crippen molar-refractivity contribution in [1.29, 1.82) is 0 Å². The first-order valence-corrected chi connectivity index (χ1v) is 6.70. The minimum Gasteiger partial charge on any atom is -0.493 e. The van der Waals surface area contributed by atoms with Crippen molar-refractivity contribution >= 4 is 0 Å². The Hall–Kier alpha value is -1.06. The lowest BCUT2D eigenvalue weighted by Crippen LogP contribution is -2.11. The van der Waals surface area contributed by atoms with E-state index in [0.717, 1.165) is 42.7 Å². The number of aliphatic hydroxyl groups is 1. The monoisotopic (exact) mass is 250 g/mol. The molecule has 0 aliphatic carbocycles. The SMILES string of the molecule is Cc1ccc(OCCC2CCCO2)c([C@H](C)O)c1. The molecule has 0 aromatic heterocycles. The minimum absolute atomic E-state index is 0.352. The van der Waals surface area contributed by atoms with Gasteiger partial charge in [-0.2, -0.15) is 0 Å². The lowest BCUT2D eigenvalue weighted by Gasteiger charge is -2.15. The van der Waals surface area contributed by atoms with Gasteiger partial charge in [0.1, 0.15) is 5.75 Å². The quantitative estimate of drug-likeness (QED) is 0.873. The van der Waals surface area contributed by atoms with Gasteiger partial charge in [-0.3, -0.25) is 0 Å². The highest BCUT2D eigenvalue weighted by molar-refractivity contribution is 5.38. The van der Waals surface area contributed by atoms with E-state index >= 15 is 0 Å². The fourth-order valence-electron chi connectivity index (χ4n) is 2.30. The second-order valence-electron chi connectivity index (χ2n) is 4.99. The molecule has 100 valence electrons. The third-order valence-corrected chi connectivity index (χ3v) is 3.34. The molecule has 0 radical (unpaired) electrons. The van der Waals surface area contributed by atoms with E-state index in [4.69, 9.17) is 9.47 Å². The van der Waals surface area contributed by atoms with Crippen molar-refractivity contribution in [3.8, 4) is 5.75 Å². The molecule has 0 amide bonds. The molecule has 3 heteroatoms. The number of rotatable bonds is 5. The molecule has 1 aliphatic rings. The zero-order valence-corrected chi connectivity index (χ0v) is 11.2. The average molecular weight is 250 g/mol. The van der Waals surface area contributed by atoms with Crippen LogP contribution < -0.4 is 4.74 Å². The summed E-state index contributed by atoms with van der Waals surface area (Å²) in [6.45, 7) is 5.31. The molecule has 1 fully saturated rings. The lowest BCUT2D eigenvalue weighted by molar-refractivity contribution is 0.0896. The highest BCUT2D eigenvalue weighted by Crippen LogP contribution is 2.26. The smallest absolute Gasteiger partial charge is 0.125 e. The Balaban J connectivity index is 1.91. The second-order valence-corrected chi connectivity index (χ2v) is 4.99. The van der Waals surface area contributed by atoms with Crippen molar-refractivity contribution in [2.24, 2.45) is 0 Å². The summed E-state index contributed by atoms with van der Waals surface area (Å²) in [4.78, 5) is 0. The normalized spacial score (nSPS) is 20.9.